The Kier molecular flexibility index (Phi) is 6.83. The van der Waals surface area contributed by atoms with Crippen LogP contribution in [0.2, 0.25) is 0 Å². The van der Waals surface area contributed by atoms with Crippen LogP contribution in [-0.2, 0) is 9.63 Å². The number of aryl methyl sites for hydroxylation is 1. The van der Waals surface area contributed by atoms with Gasteiger partial charge in [-0.3, -0.25) is 4.79 Å². The zero-order valence-corrected chi connectivity index (χ0v) is 14.0. The van der Waals surface area contributed by atoms with Crippen molar-refractivity contribution in [3.8, 4) is 5.75 Å². The van der Waals surface area contributed by atoms with Gasteiger partial charge in [-0.05, 0) is 36.6 Å². The maximum atomic E-state index is 12.0. The molecule has 2 rings (SSSR count). The lowest BCUT2D eigenvalue weighted by Crippen LogP contribution is -2.17. The van der Waals surface area contributed by atoms with Crippen molar-refractivity contribution in [1.82, 2.24) is 0 Å². The number of nitrogens with one attached hydrogen (secondary N) is 1. The first kappa shape index (κ1) is 17.5. The Morgan fingerprint density at radius 1 is 1.17 bits per heavy atom. The summed E-state index contributed by atoms with van der Waals surface area (Å²) >= 11 is 0. The summed E-state index contributed by atoms with van der Waals surface area (Å²) in [5.41, 5.74) is 2.68. The summed E-state index contributed by atoms with van der Waals surface area (Å²) in [5, 5.41) is 6.61. The molecule has 0 aliphatic carbocycles. The van der Waals surface area contributed by atoms with E-state index in [-0.39, 0.29) is 12.5 Å². The average Bonchev–Trinajstić information content (AvgIpc) is 2.59. The summed E-state index contributed by atoms with van der Waals surface area (Å²) in [6.45, 7) is 4.46. The lowest BCUT2D eigenvalue weighted by molar-refractivity contribution is -0.120. The molecule has 126 valence electrons. The van der Waals surface area contributed by atoms with Gasteiger partial charge in [0.1, 0.15) is 5.75 Å². The third-order valence-electron chi connectivity index (χ3n) is 3.27. The molecule has 0 aliphatic rings. The van der Waals surface area contributed by atoms with E-state index in [1.165, 1.54) is 0 Å². The van der Waals surface area contributed by atoms with Gasteiger partial charge in [-0.25, -0.2) is 0 Å². The molecular weight excluding hydrogens is 304 g/mol. The summed E-state index contributed by atoms with van der Waals surface area (Å²) in [5.74, 6) is 0.362. The molecule has 0 atom stereocenters. The summed E-state index contributed by atoms with van der Waals surface area (Å²) in [6.07, 6.45) is 2.50. The number of hydrogen-bond acceptors (Lipinski definition) is 4. The molecule has 0 unspecified atom stereocenters. The van der Waals surface area contributed by atoms with Crippen LogP contribution in [0.1, 0.15) is 24.5 Å². The average molecular weight is 326 g/mol. The van der Waals surface area contributed by atoms with Crippen molar-refractivity contribution in [2.75, 3.05) is 18.5 Å². The van der Waals surface area contributed by atoms with Crippen molar-refractivity contribution in [1.29, 1.82) is 0 Å². The van der Waals surface area contributed by atoms with Crippen LogP contribution in [0.4, 0.5) is 5.69 Å². The number of hydrogen-bond donors (Lipinski definition) is 1. The quantitative estimate of drug-likeness (QED) is 0.593. The number of ether oxygens (including phenoxy) is 1. The number of oxime groups is 1. The number of rotatable bonds is 8. The predicted molar refractivity (Wildman–Crippen MR) is 95.6 cm³/mol. The minimum absolute atomic E-state index is 0.162. The zero-order chi connectivity index (χ0) is 17.2. The number of amides is 1. The fourth-order valence-electron chi connectivity index (χ4n) is 2.02. The lowest BCUT2D eigenvalue weighted by Gasteiger charge is -2.11. The van der Waals surface area contributed by atoms with Gasteiger partial charge < -0.3 is 14.9 Å². The fraction of sp³-hybridized carbons (Fsp3) is 0.263. The molecule has 0 radical (unpaired) electrons. The third kappa shape index (κ3) is 5.43. The highest BCUT2D eigenvalue weighted by molar-refractivity contribution is 5.93. The van der Waals surface area contributed by atoms with Gasteiger partial charge in [-0.2, -0.15) is 0 Å². The van der Waals surface area contributed by atoms with Crippen LogP contribution in [-0.4, -0.2) is 25.3 Å². The molecule has 2 aromatic rings. The molecule has 0 aliphatic heterocycles. The highest BCUT2D eigenvalue weighted by atomic mass is 16.6. The first-order chi connectivity index (χ1) is 11.7. The number of benzene rings is 2. The molecule has 0 spiro atoms. The van der Waals surface area contributed by atoms with Gasteiger partial charge in [0.05, 0.1) is 18.5 Å². The normalized spacial score (nSPS) is 10.6. The largest absolute Gasteiger partial charge is 0.491 e. The van der Waals surface area contributed by atoms with Crippen LogP contribution in [0.3, 0.4) is 0 Å². The Balaban J connectivity index is 1.85. The van der Waals surface area contributed by atoms with Crippen molar-refractivity contribution in [3.05, 3.63) is 59.7 Å². The topological polar surface area (TPSA) is 59.9 Å². The lowest BCUT2D eigenvalue weighted by atomic mass is 10.1. The summed E-state index contributed by atoms with van der Waals surface area (Å²) in [6, 6.07) is 15.1. The monoisotopic (exact) mass is 326 g/mol. The highest BCUT2D eigenvalue weighted by Gasteiger charge is 2.07. The maximum absolute atomic E-state index is 12.0. The van der Waals surface area contributed by atoms with Gasteiger partial charge >= 0.3 is 0 Å². The number of nitrogens with zero attached hydrogens (tertiary/aromatic N) is 1. The van der Waals surface area contributed by atoms with E-state index in [1.54, 1.807) is 12.3 Å². The van der Waals surface area contributed by atoms with E-state index in [0.717, 1.165) is 17.5 Å². The van der Waals surface area contributed by atoms with Gasteiger partial charge in [0.2, 0.25) is 0 Å². The van der Waals surface area contributed by atoms with E-state index in [2.05, 4.69) is 10.5 Å². The van der Waals surface area contributed by atoms with Crippen LogP contribution in [0.15, 0.2) is 53.7 Å². The smallest absolute Gasteiger partial charge is 0.265 e. The fourth-order valence-corrected chi connectivity index (χ4v) is 2.02. The standard InChI is InChI=1S/C19H22N2O3/c1-3-12-23-18-11-7-6-10-17(18)21-19(22)14-24-20-13-16-9-5-4-8-15(16)2/h4-11,13H,3,12,14H2,1-2H3,(H,21,22)/b20-13+. The van der Waals surface area contributed by atoms with Crippen LogP contribution in [0.5, 0.6) is 5.75 Å². The van der Waals surface area contributed by atoms with Crippen molar-refractivity contribution in [2.45, 2.75) is 20.3 Å². The molecular formula is C19H22N2O3. The van der Waals surface area contributed by atoms with Crippen LogP contribution >= 0.6 is 0 Å². The van der Waals surface area contributed by atoms with E-state index in [0.29, 0.717) is 18.0 Å². The number of anilines is 1. The molecule has 0 heterocycles. The summed E-state index contributed by atoms with van der Waals surface area (Å²) < 4.78 is 5.60. The predicted octanol–water partition coefficient (Wildman–Crippen LogP) is 3.77. The first-order valence-electron chi connectivity index (χ1n) is 7.93. The van der Waals surface area contributed by atoms with E-state index < -0.39 is 0 Å². The molecule has 5 heteroatoms. The molecule has 5 nitrogen and oxygen atoms in total. The molecule has 2 aromatic carbocycles. The molecule has 1 N–H and O–H groups in total. The van der Waals surface area contributed by atoms with Crippen LogP contribution in [0, 0.1) is 6.92 Å². The van der Waals surface area contributed by atoms with Gasteiger partial charge in [0, 0.05) is 0 Å². The first-order valence-corrected chi connectivity index (χ1v) is 7.93. The van der Waals surface area contributed by atoms with Gasteiger partial charge in [0.15, 0.2) is 6.61 Å². The number of carbonyl (C=O) groups excluding carboxylic acids is 1. The van der Waals surface area contributed by atoms with Crippen molar-refractivity contribution in [2.24, 2.45) is 5.16 Å². The molecule has 0 aromatic heterocycles. The Bertz CT molecular complexity index is 699. The molecule has 0 saturated carbocycles. The Morgan fingerprint density at radius 2 is 1.92 bits per heavy atom. The number of para-hydroxylation sites is 2. The van der Waals surface area contributed by atoms with Crippen molar-refractivity contribution >= 4 is 17.8 Å². The van der Waals surface area contributed by atoms with Crippen molar-refractivity contribution in [3.63, 3.8) is 0 Å². The van der Waals surface area contributed by atoms with Crippen molar-refractivity contribution < 1.29 is 14.4 Å². The summed E-state index contributed by atoms with van der Waals surface area (Å²) in [7, 11) is 0. The Hall–Kier alpha value is -2.82. The summed E-state index contributed by atoms with van der Waals surface area (Å²) in [4.78, 5) is 17.0. The van der Waals surface area contributed by atoms with E-state index in [1.807, 2.05) is 56.3 Å². The minimum atomic E-state index is -0.288. The molecule has 24 heavy (non-hydrogen) atoms. The molecule has 0 saturated heterocycles. The minimum Gasteiger partial charge on any atom is -0.491 e. The molecule has 0 fully saturated rings. The third-order valence-corrected chi connectivity index (χ3v) is 3.27. The van der Waals surface area contributed by atoms with E-state index >= 15 is 0 Å². The SMILES string of the molecule is CCCOc1ccccc1NC(=O)CO/N=C/c1ccccc1C. The van der Waals surface area contributed by atoms with Gasteiger partial charge in [-0.15, -0.1) is 0 Å². The van der Waals surface area contributed by atoms with Crippen LogP contribution < -0.4 is 10.1 Å². The number of carbonyl (C=O) groups is 1. The van der Waals surface area contributed by atoms with E-state index in [4.69, 9.17) is 9.57 Å². The second-order valence-electron chi connectivity index (χ2n) is 5.26. The molecule has 0 bridgehead atoms. The van der Waals surface area contributed by atoms with Gasteiger partial charge in [-0.1, -0.05) is 48.5 Å². The van der Waals surface area contributed by atoms with Gasteiger partial charge in [0.25, 0.3) is 5.91 Å². The van der Waals surface area contributed by atoms with E-state index in [9.17, 15) is 4.79 Å². The Morgan fingerprint density at radius 3 is 2.71 bits per heavy atom. The highest BCUT2D eigenvalue weighted by Crippen LogP contribution is 2.23. The maximum Gasteiger partial charge on any atom is 0.265 e. The van der Waals surface area contributed by atoms with Crippen LogP contribution in [0.25, 0.3) is 0 Å². The molecule has 1 amide bonds. The second-order valence-corrected chi connectivity index (χ2v) is 5.26. The Labute approximate surface area is 142 Å². The zero-order valence-electron chi connectivity index (χ0n) is 14.0. The second kappa shape index (κ2) is 9.35.